The van der Waals surface area contributed by atoms with Crippen LogP contribution in [0.2, 0.25) is 0 Å². The first-order valence-electron chi connectivity index (χ1n) is 13.2. The predicted octanol–water partition coefficient (Wildman–Crippen LogP) is 3.86. The van der Waals surface area contributed by atoms with Gasteiger partial charge in [0.25, 0.3) is 0 Å². The van der Waals surface area contributed by atoms with Crippen molar-refractivity contribution in [3.05, 3.63) is 83.2 Å². The van der Waals surface area contributed by atoms with Crippen LogP contribution in [-0.4, -0.2) is 57.8 Å². The molecule has 6 rings (SSSR count). The van der Waals surface area contributed by atoms with Gasteiger partial charge in [-0.05, 0) is 61.1 Å². The van der Waals surface area contributed by atoms with Gasteiger partial charge >= 0.3 is 0 Å². The SMILES string of the molecule is O[C@@H]1[C@@H](O)[C@H](c2ccc(C3CC3)c(C(C3=CC=CCC3)C3=COC=CO3)c2)OC(N2CCCC2)[C@H]1O. The maximum Gasteiger partial charge on any atom is 0.150 e. The fourth-order valence-electron chi connectivity index (χ4n) is 6.03. The smallest absolute Gasteiger partial charge is 0.150 e. The predicted molar refractivity (Wildman–Crippen MR) is 133 cm³/mol. The highest BCUT2D eigenvalue weighted by atomic mass is 16.6. The number of hydrogen-bond acceptors (Lipinski definition) is 7. The van der Waals surface area contributed by atoms with Crippen molar-refractivity contribution < 1.29 is 29.5 Å². The molecule has 7 nitrogen and oxygen atoms in total. The third kappa shape index (κ3) is 4.55. The number of aliphatic hydroxyl groups is 3. The summed E-state index contributed by atoms with van der Waals surface area (Å²) in [6.45, 7) is 1.62. The number of hydrogen-bond donors (Lipinski definition) is 3. The van der Waals surface area contributed by atoms with Crippen LogP contribution in [-0.2, 0) is 14.2 Å². The number of aliphatic hydroxyl groups excluding tert-OH is 3. The molecule has 7 heteroatoms. The molecule has 0 radical (unpaired) electrons. The van der Waals surface area contributed by atoms with Crippen LogP contribution in [0, 0.1) is 0 Å². The third-order valence-electron chi connectivity index (χ3n) is 8.08. The summed E-state index contributed by atoms with van der Waals surface area (Å²) < 4.78 is 17.8. The van der Waals surface area contributed by atoms with Gasteiger partial charge in [0.2, 0.25) is 0 Å². The molecule has 6 atom stereocenters. The van der Waals surface area contributed by atoms with E-state index in [9.17, 15) is 15.3 Å². The van der Waals surface area contributed by atoms with Gasteiger partial charge < -0.3 is 29.5 Å². The number of benzene rings is 1. The fourth-order valence-corrected chi connectivity index (χ4v) is 6.03. The average molecular weight is 494 g/mol. The van der Waals surface area contributed by atoms with Crippen LogP contribution < -0.4 is 0 Å². The normalized spacial score (nSPS) is 33.5. The summed E-state index contributed by atoms with van der Waals surface area (Å²) in [4.78, 5) is 2.07. The van der Waals surface area contributed by atoms with Crippen molar-refractivity contribution in [1.29, 1.82) is 0 Å². The van der Waals surface area contributed by atoms with Gasteiger partial charge in [-0.2, -0.15) is 0 Å². The zero-order valence-corrected chi connectivity index (χ0v) is 20.4. The van der Waals surface area contributed by atoms with Crippen LogP contribution in [0.5, 0.6) is 0 Å². The first-order valence-corrected chi connectivity index (χ1v) is 13.2. The second kappa shape index (κ2) is 10.1. The Balaban J connectivity index is 1.40. The van der Waals surface area contributed by atoms with Crippen molar-refractivity contribution in [3.63, 3.8) is 0 Å². The third-order valence-corrected chi connectivity index (χ3v) is 8.08. The summed E-state index contributed by atoms with van der Waals surface area (Å²) in [7, 11) is 0. The molecule has 3 fully saturated rings. The van der Waals surface area contributed by atoms with Gasteiger partial charge in [-0.3, -0.25) is 4.90 Å². The molecule has 0 aromatic heterocycles. The van der Waals surface area contributed by atoms with Crippen molar-refractivity contribution in [1.82, 2.24) is 4.90 Å². The van der Waals surface area contributed by atoms with E-state index in [0.29, 0.717) is 5.92 Å². The molecule has 2 saturated heterocycles. The highest BCUT2D eigenvalue weighted by Gasteiger charge is 2.47. The molecule has 1 saturated carbocycles. The second-order valence-electron chi connectivity index (χ2n) is 10.5. The molecular formula is C29H35NO6. The van der Waals surface area contributed by atoms with Crippen LogP contribution >= 0.6 is 0 Å². The molecule has 1 aromatic rings. The van der Waals surface area contributed by atoms with Crippen molar-refractivity contribution in [2.24, 2.45) is 0 Å². The molecule has 3 aliphatic heterocycles. The summed E-state index contributed by atoms with van der Waals surface area (Å²) in [5.41, 5.74) is 4.44. The molecule has 2 aliphatic carbocycles. The maximum atomic E-state index is 11.0. The number of allylic oxidation sites excluding steroid dienone is 4. The lowest BCUT2D eigenvalue weighted by Crippen LogP contribution is -2.59. The van der Waals surface area contributed by atoms with Crippen LogP contribution in [0.3, 0.4) is 0 Å². The van der Waals surface area contributed by atoms with Gasteiger partial charge in [-0.1, -0.05) is 42.0 Å². The molecule has 0 spiro atoms. The van der Waals surface area contributed by atoms with Crippen LogP contribution in [0.4, 0.5) is 0 Å². The minimum atomic E-state index is -1.29. The van der Waals surface area contributed by atoms with E-state index < -0.39 is 30.6 Å². The van der Waals surface area contributed by atoms with Gasteiger partial charge in [0.15, 0.2) is 0 Å². The van der Waals surface area contributed by atoms with Crippen molar-refractivity contribution in [3.8, 4) is 0 Å². The first-order chi connectivity index (χ1) is 17.6. The second-order valence-corrected chi connectivity index (χ2v) is 10.5. The fraction of sp³-hybridized carbons (Fsp3) is 0.517. The lowest BCUT2D eigenvalue weighted by molar-refractivity contribution is -0.259. The average Bonchev–Trinajstić information content (AvgIpc) is 3.62. The summed E-state index contributed by atoms with van der Waals surface area (Å²) >= 11 is 0. The number of nitrogens with zero attached hydrogens (tertiary/aromatic N) is 1. The van der Waals surface area contributed by atoms with Crippen molar-refractivity contribution in [2.75, 3.05) is 13.1 Å². The zero-order chi connectivity index (χ0) is 24.6. The van der Waals surface area contributed by atoms with E-state index in [-0.39, 0.29) is 5.92 Å². The highest BCUT2D eigenvalue weighted by Crippen LogP contribution is 2.48. The lowest BCUT2D eigenvalue weighted by atomic mass is 9.80. The number of likely N-dealkylation sites (tertiary alicyclic amines) is 1. The molecule has 2 unspecified atom stereocenters. The maximum absolute atomic E-state index is 11.0. The van der Waals surface area contributed by atoms with E-state index in [1.165, 1.54) is 17.4 Å². The first kappa shape index (κ1) is 23.9. The zero-order valence-electron chi connectivity index (χ0n) is 20.4. The summed E-state index contributed by atoms with van der Waals surface area (Å²) in [6, 6.07) is 6.27. The molecule has 1 aromatic carbocycles. The monoisotopic (exact) mass is 493 g/mol. The van der Waals surface area contributed by atoms with Crippen LogP contribution in [0.15, 0.2) is 66.5 Å². The van der Waals surface area contributed by atoms with E-state index in [2.05, 4.69) is 35.3 Å². The summed E-state index contributed by atoms with van der Waals surface area (Å²) in [6.07, 6.45) is 12.4. The van der Waals surface area contributed by atoms with Crippen molar-refractivity contribution in [2.45, 2.75) is 81.0 Å². The van der Waals surface area contributed by atoms with Gasteiger partial charge in [0.1, 0.15) is 55.2 Å². The Hall–Kier alpha value is -2.42. The summed E-state index contributed by atoms with van der Waals surface area (Å²) in [5.74, 6) is 1.11. The van der Waals surface area contributed by atoms with Gasteiger partial charge in [0, 0.05) is 13.1 Å². The van der Waals surface area contributed by atoms with Gasteiger partial charge in [-0.25, -0.2) is 0 Å². The largest absolute Gasteiger partial charge is 0.466 e. The standard InChI is InChI=1S/C29H35NO6/c31-25-26(32)28(36-29(27(25)33)30-12-4-5-13-30)20-10-11-21(18-8-9-18)22(16-20)24(19-6-2-1-3-7-19)23-17-34-14-15-35-23/h1-2,6,10-11,14-18,24-29,31-33H,3-5,7-9,12-13H2/t24?,25-,26-,27+,28+,29?/m1/s1. The Bertz CT molecular complexity index is 1080. The van der Waals surface area contributed by atoms with Crippen LogP contribution in [0.1, 0.15) is 73.2 Å². The van der Waals surface area contributed by atoms with Crippen molar-refractivity contribution >= 4 is 0 Å². The number of ether oxygens (including phenoxy) is 3. The Morgan fingerprint density at radius 1 is 0.972 bits per heavy atom. The van der Waals surface area contributed by atoms with E-state index in [1.807, 2.05) is 6.07 Å². The Morgan fingerprint density at radius 3 is 2.50 bits per heavy atom. The van der Waals surface area contributed by atoms with E-state index in [0.717, 1.165) is 68.5 Å². The molecule has 3 heterocycles. The highest BCUT2D eigenvalue weighted by molar-refractivity contribution is 5.48. The van der Waals surface area contributed by atoms with Gasteiger partial charge in [-0.15, -0.1) is 0 Å². The minimum absolute atomic E-state index is 0.124. The Labute approximate surface area is 212 Å². The molecule has 0 amide bonds. The lowest BCUT2D eigenvalue weighted by Gasteiger charge is -2.44. The molecule has 5 aliphatic rings. The summed E-state index contributed by atoms with van der Waals surface area (Å²) in [5, 5.41) is 32.5. The quantitative estimate of drug-likeness (QED) is 0.554. The molecular weight excluding hydrogens is 458 g/mol. The molecule has 3 N–H and O–H groups in total. The van der Waals surface area contributed by atoms with E-state index >= 15 is 0 Å². The minimum Gasteiger partial charge on any atom is -0.466 e. The van der Waals surface area contributed by atoms with E-state index in [4.69, 9.17) is 14.2 Å². The van der Waals surface area contributed by atoms with E-state index in [1.54, 1.807) is 12.5 Å². The van der Waals surface area contributed by atoms with Gasteiger partial charge in [0.05, 0.1) is 5.92 Å². The Morgan fingerprint density at radius 2 is 1.81 bits per heavy atom. The molecule has 192 valence electrons. The van der Waals surface area contributed by atoms with Crippen LogP contribution in [0.25, 0.3) is 0 Å². The number of rotatable bonds is 6. The molecule has 36 heavy (non-hydrogen) atoms. The topological polar surface area (TPSA) is 91.6 Å². The molecule has 0 bridgehead atoms. The Kier molecular flexibility index (Phi) is 6.75.